The summed E-state index contributed by atoms with van der Waals surface area (Å²) in [6, 6.07) is 3.41. The highest BCUT2D eigenvalue weighted by Crippen LogP contribution is 2.26. The van der Waals surface area contributed by atoms with Crippen molar-refractivity contribution in [3.05, 3.63) is 28.3 Å². The van der Waals surface area contributed by atoms with E-state index in [1.165, 1.54) is 0 Å². The molecule has 1 aromatic rings. The van der Waals surface area contributed by atoms with Crippen LogP contribution in [-0.2, 0) is 0 Å². The molecule has 0 bridgehead atoms. The minimum absolute atomic E-state index is 0.406. The van der Waals surface area contributed by atoms with Gasteiger partial charge in [-0.15, -0.1) is 0 Å². The molecule has 1 amide bonds. The molecule has 0 atom stereocenters. The van der Waals surface area contributed by atoms with Gasteiger partial charge in [0, 0.05) is 11.1 Å². The van der Waals surface area contributed by atoms with E-state index in [0.29, 0.717) is 10.8 Å². The molecule has 1 rings (SSSR count). The molecular formula is C9H10ClNO2. The highest BCUT2D eigenvalue weighted by Gasteiger charge is 2.06. The van der Waals surface area contributed by atoms with Gasteiger partial charge in [-0.2, -0.15) is 0 Å². The number of primary amides is 1. The Kier molecular flexibility index (Phi) is 2.78. The monoisotopic (exact) mass is 199 g/mol. The van der Waals surface area contributed by atoms with Crippen LogP contribution in [0.2, 0.25) is 5.02 Å². The van der Waals surface area contributed by atoms with Crippen molar-refractivity contribution in [2.75, 3.05) is 0 Å². The summed E-state index contributed by atoms with van der Waals surface area (Å²) in [6.45, 7) is 3.70. The summed E-state index contributed by atoms with van der Waals surface area (Å²) in [7, 11) is 0. The van der Waals surface area contributed by atoms with E-state index in [1.807, 2.05) is 19.9 Å². The molecule has 70 valence electrons. The van der Waals surface area contributed by atoms with E-state index in [4.69, 9.17) is 22.1 Å². The molecule has 13 heavy (non-hydrogen) atoms. The summed E-state index contributed by atoms with van der Waals surface area (Å²) in [4.78, 5) is 10.5. The summed E-state index contributed by atoms with van der Waals surface area (Å²) >= 11 is 5.84. The number of carbonyl (C=O) groups is 1. The standard InChI is InChI=1S/C9H10ClNO2/c1-5-3-6(2)8(4-7(5)10)13-9(11)12/h3-4H,1-2H3,(H2,11,12). The lowest BCUT2D eigenvalue weighted by atomic mass is 10.1. The molecule has 0 aliphatic rings. The summed E-state index contributed by atoms with van der Waals surface area (Å²) < 4.78 is 4.74. The zero-order chi connectivity index (χ0) is 10.0. The maximum atomic E-state index is 10.5. The number of ether oxygens (including phenoxy) is 1. The number of carbonyl (C=O) groups excluding carboxylic acids is 1. The van der Waals surface area contributed by atoms with Crippen molar-refractivity contribution in [3.63, 3.8) is 0 Å². The molecule has 0 aliphatic heterocycles. The zero-order valence-electron chi connectivity index (χ0n) is 7.43. The van der Waals surface area contributed by atoms with Crippen molar-refractivity contribution >= 4 is 17.7 Å². The molecule has 0 heterocycles. The number of aryl methyl sites for hydroxylation is 2. The van der Waals surface area contributed by atoms with Gasteiger partial charge in [0.25, 0.3) is 0 Å². The van der Waals surface area contributed by atoms with Crippen LogP contribution in [0.5, 0.6) is 5.75 Å². The Morgan fingerprint density at radius 2 is 2.00 bits per heavy atom. The number of rotatable bonds is 1. The molecule has 1 aromatic carbocycles. The molecule has 0 radical (unpaired) electrons. The minimum Gasteiger partial charge on any atom is -0.410 e. The Balaban J connectivity index is 3.08. The summed E-state index contributed by atoms with van der Waals surface area (Å²) in [5.74, 6) is 0.406. The first-order valence-corrected chi connectivity index (χ1v) is 4.12. The third kappa shape index (κ3) is 2.36. The van der Waals surface area contributed by atoms with Crippen LogP contribution in [0.3, 0.4) is 0 Å². The Morgan fingerprint density at radius 3 is 2.54 bits per heavy atom. The maximum Gasteiger partial charge on any atom is 0.409 e. The number of hydrogen-bond donors (Lipinski definition) is 1. The van der Waals surface area contributed by atoms with Gasteiger partial charge >= 0.3 is 6.09 Å². The molecule has 3 nitrogen and oxygen atoms in total. The number of amides is 1. The SMILES string of the molecule is Cc1cc(C)c(OC(N)=O)cc1Cl. The van der Waals surface area contributed by atoms with Gasteiger partial charge in [-0.3, -0.25) is 0 Å². The molecule has 0 fully saturated rings. The van der Waals surface area contributed by atoms with Crippen LogP contribution in [0.4, 0.5) is 4.79 Å². The third-order valence-corrected chi connectivity index (χ3v) is 2.07. The van der Waals surface area contributed by atoms with E-state index in [1.54, 1.807) is 6.07 Å². The zero-order valence-corrected chi connectivity index (χ0v) is 8.18. The van der Waals surface area contributed by atoms with Gasteiger partial charge in [0.1, 0.15) is 5.75 Å². The molecule has 0 saturated heterocycles. The van der Waals surface area contributed by atoms with Crippen molar-refractivity contribution in [3.8, 4) is 5.75 Å². The maximum absolute atomic E-state index is 10.5. The Labute approximate surface area is 81.4 Å². The van der Waals surface area contributed by atoms with Gasteiger partial charge in [-0.1, -0.05) is 17.7 Å². The highest BCUT2D eigenvalue weighted by atomic mass is 35.5. The lowest BCUT2D eigenvalue weighted by Crippen LogP contribution is -2.16. The van der Waals surface area contributed by atoms with E-state index in [2.05, 4.69) is 0 Å². The first kappa shape index (κ1) is 9.86. The fraction of sp³-hybridized carbons (Fsp3) is 0.222. The quantitative estimate of drug-likeness (QED) is 0.755. The lowest BCUT2D eigenvalue weighted by Gasteiger charge is -2.06. The molecule has 0 saturated carbocycles. The number of hydrogen-bond acceptors (Lipinski definition) is 2. The average molecular weight is 200 g/mol. The first-order chi connectivity index (χ1) is 6.00. The number of benzene rings is 1. The number of nitrogens with two attached hydrogens (primary N) is 1. The van der Waals surface area contributed by atoms with Gasteiger partial charge in [-0.25, -0.2) is 4.79 Å². The molecular weight excluding hydrogens is 190 g/mol. The van der Waals surface area contributed by atoms with Gasteiger partial charge < -0.3 is 10.5 Å². The summed E-state index contributed by atoms with van der Waals surface area (Å²) in [6.07, 6.45) is -0.831. The second-order valence-corrected chi connectivity index (χ2v) is 3.20. The highest BCUT2D eigenvalue weighted by molar-refractivity contribution is 6.31. The van der Waals surface area contributed by atoms with Crippen LogP contribution in [0.25, 0.3) is 0 Å². The van der Waals surface area contributed by atoms with Crippen LogP contribution in [0, 0.1) is 13.8 Å². The van der Waals surface area contributed by atoms with Crippen LogP contribution in [0.1, 0.15) is 11.1 Å². The number of halogens is 1. The molecule has 0 aliphatic carbocycles. The van der Waals surface area contributed by atoms with Crippen molar-refractivity contribution < 1.29 is 9.53 Å². The fourth-order valence-electron chi connectivity index (χ4n) is 1.03. The van der Waals surface area contributed by atoms with E-state index in [-0.39, 0.29) is 0 Å². The van der Waals surface area contributed by atoms with E-state index in [9.17, 15) is 4.79 Å². The van der Waals surface area contributed by atoms with Crippen LogP contribution < -0.4 is 10.5 Å². The van der Waals surface area contributed by atoms with Crippen LogP contribution in [0.15, 0.2) is 12.1 Å². The molecule has 4 heteroatoms. The van der Waals surface area contributed by atoms with Gasteiger partial charge in [-0.05, 0) is 25.0 Å². The van der Waals surface area contributed by atoms with Crippen molar-refractivity contribution in [1.82, 2.24) is 0 Å². The minimum atomic E-state index is -0.831. The van der Waals surface area contributed by atoms with E-state index >= 15 is 0 Å². The first-order valence-electron chi connectivity index (χ1n) is 3.74. The fourth-order valence-corrected chi connectivity index (χ4v) is 1.18. The Bertz CT molecular complexity index is 350. The van der Waals surface area contributed by atoms with Crippen LogP contribution >= 0.6 is 11.6 Å². The summed E-state index contributed by atoms with van der Waals surface area (Å²) in [5.41, 5.74) is 6.65. The lowest BCUT2D eigenvalue weighted by molar-refractivity contribution is 0.210. The van der Waals surface area contributed by atoms with E-state index < -0.39 is 6.09 Å². The second kappa shape index (κ2) is 3.66. The van der Waals surface area contributed by atoms with Gasteiger partial charge in [0.15, 0.2) is 0 Å². The van der Waals surface area contributed by atoms with Crippen molar-refractivity contribution in [1.29, 1.82) is 0 Å². The average Bonchev–Trinajstić information content (AvgIpc) is 1.99. The normalized spacial score (nSPS) is 9.77. The Morgan fingerprint density at radius 1 is 1.38 bits per heavy atom. The largest absolute Gasteiger partial charge is 0.410 e. The molecule has 0 aromatic heterocycles. The predicted molar refractivity (Wildman–Crippen MR) is 51.1 cm³/mol. The Hall–Kier alpha value is -1.22. The van der Waals surface area contributed by atoms with Crippen molar-refractivity contribution in [2.24, 2.45) is 5.73 Å². The van der Waals surface area contributed by atoms with Crippen LogP contribution in [-0.4, -0.2) is 6.09 Å². The second-order valence-electron chi connectivity index (χ2n) is 2.79. The molecule has 0 spiro atoms. The topological polar surface area (TPSA) is 52.3 Å². The smallest absolute Gasteiger partial charge is 0.409 e. The predicted octanol–water partition coefficient (Wildman–Crippen LogP) is 2.41. The molecule has 0 unspecified atom stereocenters. The third-order valence-electron chi connectivity index (χ3n) is 1.67. The molecule has 2 N–H and O–H groups in total. The van der Waals surface area contributed by atoms with Gasteiger partial charge in [0.2, 0.25) is 0 Å². The van der Waals surface area contributed by atoms with Crippen molar-refractivity contribution in [2.45, 2.75) is 13.8 Å². The van der Waals surface area contributed by atoms with Gasteiger partial charge in [0.05, 0.1) is 0 Å². The van der Waals surface area contributed by atoms with E-state index in [0.717, 1.165) is 11.1 Å². The summed E-state index contributed by atoms with van der Waals surface area (Å²) in [5, 5.41) is 0.557.